The van der Waals surface area contributed by atoms with Crippen LogP contribution in [0.4, 0.5) is 11.6 Å². The van der Waals surface area contributed by atoms with Crippen molar-refractivity contribution in [2.24, 2.45) is 0 Å². The van der Waals surface area contributed by atoms with Crippen molar-refractivity contribution in [3.05, 3.63) is 60.4 Å². The van der Waals surface area contributed by atoms with E-state index in [4.69, 9.17) is 4.74 Å². The Bertz CT molecular complexity index is 907. The predicted molar refractivity (Wildman–Crippen MR) is 97.0 cm³/mol. The fourth-order valence-electron chi connectivity index (χ4n) is 2.90. The van der Waals surface area contributed by atoms with E-state index in [-0.39, 0.29) is 5.91 Å². The van der Waals surface area contributed by atoms with E-state index in [2.05, 4.69) is 20.2 Å². The second-order valence-corrected chi connectivity index (χ2v) is 5.88. The molecule has 0 aliphatic carbocycles. The average molecular weight is 334 g/mol. The number of amides is 1. The predicted octanol–water partition coefficient (Wildman–Crippen LogP) is 2.72. The van der Waals surface area contributed by atoms with Crippen LogP contribution in [0.3, 0.4) is 0 Å². The summed E-state index contributed by atoms with van der Waals surface area (Å²) in [5, 5.41) is 5.00. The molecule has 1 N–H and O–H groups in total. The number of carbonyl (C=O) groups excluding carboxylic acids is 1. The molecule has 1 aliphatic heterocycles. The van der Waals surface area contributed by atoms with Crippen molar-refractivity contribution < 1.29 is 9.53 Å². The molecule has 126 valence electrons. The van der Waals surface area contributed by atoms with Crippen molar-refractivity contribution in [1.82, 2.24) is 9.97 Å². The number of hydrogen-bond acceptors (Lipinski definition) is 5. The number of aromatic nitrogens is 2. The third-order valence-electron chi connectivity index (χ3n) is 4.24. The van der Waals surface area contributed by atoms with Crippen molar-refractivity contribution in [2.75, 3.05) is 36.5 Å². The first-order valence-electron chi connectivity index (χ1n) is 8.24. The van der Waals surface area contributed by atoms with Crippen LogP contribution in [-0.4, -0.2) is 42.2 Å². The van der Waals surface area contributed by atoms with E-state index in [1.807, 2.05) is 42.5 Å². The Kier molecular flexibility index (Phi) is 4.26. The Balaban J connectivity index is 1.53. The first-order chi connectivity index (χ1) is 12.3. The summed E-state index contributed by atoms with van der Waals surface area (Å²) in [5.74, 6) is 1.11. The van der Waals surface area contributed by atoms with Crippen LogP contribution in [0.2, 0.25) is 0 Å². The molecule has 2 heterocycles. The van der Waals surface area contributed by atoms with Crippen molar-refractivity contribution in [3.63, 3.8) is 0 Å². The van der Waals surface area contributed by atoms with Crippen LogP contribution < -0.4 is 10.2 Å². The molecule has 1 fully saturated rings. The number of hydrogen-bond donors (Lipinski definition) is 1. The lowest BCUT2D eigenvalue weighted by Crippen LogP contribution is -2.36. The van der Waals surface area contributed by atoms with Crippen LogP contribution in [0.25, 0.3) is 10.8 Å². The van der Waals surface area contributed by atoms with Gasteiger partial charge in [0.15, 0.2) is 0 Å². The fraction of sp³-hybridized carbons (Fsp3) is 0.211. The van der Waals surface area contributed by atoms with Gasteiger partial charge in [-0.2, -0.15) is 0 Å². The van der Waals surface area contributed by atoms with Gasteiger partial charge in [0.2, 0.25) is 0 Å². The molecule has 1 amide bonds. The third kappa shape index (κ3) is 3.44. The van der Waals surface area contributed by atoms with Gasteiger partial charge in [-0.15, -0.1) is 0 Å². The second kappa shape index (κ2) is 6.86. The highest BCUT2D eigenvalue weighted by molar-refractivity contribution is 6.06. The molecule has 0 unspecified atom stereocenters. The van der Waals surface area contributed by atoms with Crippen LogP contribution in [0, 0.1) is 0 Å². The maximum Gasteiger partial charge on any atom is 0.256 e. The van der Waals surface area contributed by atoms with Gasteiger partial charge in [0.05, 0.1) is 13.2 Å². The van der Waals surface area contributed by atoms with E-state index in [1.165, 1.54) is 6.33 Å². The van der Waals surface area contributed by atoms with Gasteiger partial charge in [0, 0.05) is 24.7 Å². The smallest absolute Gasteiger partial charge is 0.256 e. The molecule has 6 heteroatoms. The van der Waals surface area contributed by atoms with Crippen molar-refractivity contribution in [2.45, 2.75) is 0 Å². The topological polar surface area (TPSA) is 67.4 Å². The standard InChI is InChI=1S/C19H18N4O2/c24-19(16-6-5-14-3-1-2-4-15(14)11-16)22-17-12-18(21-13-20-17)23-7-9-25-10-8-23/h1-6,11-13H,7-10H2,(H,20,21,22,24). The molecule has 0 atom stereocenters. The minimum atomic E-state index is -0.183. The Morgan fingerprint density at radius 3 is 2.64 bits per heavy atom. The van der Waals surface area contributed by atoms with Crippen molar-refractivity contribution >= 4 is 28.3 Å². The summed E-state index contributed by atoms with van der Waals surface area (Å²) >= 11 is 0. The van der Waals surface area contributed by atoms with Crippen LogP contribution in [-0.2, 0) is 4.74 Å². The van der Waals surface area contributed by atoms with Crippen LogP contribution in [0.1, 0.15) is 10.4 Å². The van der Waals surface area contributed by atoms with Gasteiger partial charge in [0.1, 0.15) is 18.0 Å². The molecule has 0 radical (unpaired) electrons. The number of ether oxygens (including phenoxy) is 1. The summed E-state index contributed by atoms with van der Waals surface area (Å²) in [6.45, 7) is 2.94. The largest absolute Gasteiger partial charge is 0.378 e. The van der Waals surface area contributed by atoms with Crippen LogP contribution in [0.5, 0.6) is 0 Å². The second-order valence-electron chi connectivity index (χ2n) is 5.88. The maximum absolute atomic E-state index is 12.5. The van der Waals surface area contributed by atoms with Crippen molar-refractivity contribution in [1.29, 1.82) is 0 Å². The van der Waals surface area contributed by atoms with Gasteiger partial charge < -0.3 is 15.0 Å². The molecular weight excluding hydrogens is 316 g/mol. The highest BCUT2D eigenvalue weighted by Gasteiger charge is 2.14. The van der Waals surface area contributed by atoms with Gasteiger partial charge in [-0.05, 0) is 22.9 Å². The normalized spacial score (nSPS) is 14.5. The molecule has 1 saturated heterocycles. The molecule has 1 aromatic heterocycles. The summed E-state index contributed by atoms with van der Waals surface area (Å²) in [6, 6.07) is 15.4. The minimum absolute atomic E-state index is 0.183. The SMILES string of the molecule is O=C(Nc1cc(N2CCOCC2)ncn1)c1ccc2ccccc2c1. The zero-order chi connectivity index (χ0) is 17.1. The minimum Gasteiger partial charge on any atom is -0.378 e. The number of nitrogens with one attached hydrogen (secondary N) is 1. The maximum atomic E-state index is 12.5. The van der Waals surface area contributed by atoms with E-state index in [0.717, 1.165) is 29.7 Å². The molecular formula is C19H18N4O2. The van der Waals surface area contributed by atoms with Crippen molar-refractivity contribution in [3.8, 4) is 0 Å². The van der Waals surface area contributed by atoms with Crippen LogP contribution in [0.15, 0.2) is 54.9 Å². The molecule has 2 aromatic carbocycles. The Hall–Kier alpha value is -2.99. The summed E-state index contributed by atoms with van der Waals surface area (Å²) in [6.07, 6.45) is 1.47. The molecule has 3 aromatic rings. The molecule has 0 spiro atoms. The Labute approximate surface area is 145 Å². The number of fused-ring (bicyclic) bond motifs is 1. The zero-order valence-corrected chi connectivity index (χ0v) is 13.7. The monoisotopic (exact) mass is 334 g/mol. The summed E-state index contributed by atoms with van der Waals surface area (Å²) < 4.78 is 5.35. The average Bonchev–Trinajstić information content (AvgIpc) is 2.68. The lowest BCUT2D eigenvalue weighted by Gasteiger charge is -2.27. The third-order valence-corrected chi connectivity index (χ3v) is 4.24. The first-order valence-corrected chi connectivity index (χ1v) is 8.24. The number of benzene rings is 2. The summed E-state index contributed by atoms with van der Waals surface area (Å²) in [4.78, 5) is 23.1. The zero-order valence-electron chi connectivity index (χ0n) is 13.7. The fourth-order valence-corrected chi connectivity index (χ4v) is 2.90. The molecule has 25 heavy (non-hydrogen) atoms. The van der Waals surface area contributed by atoms with Gasteiger partial charge >= 0.3 is 0 Å². The summed E-state index contributed by atoms with van der Waals surface area (Å²) in [5.41, 5.74) is 0.602. The highest BCUT2D eigenvalue weighted by atomic mass is 16.5. The number of morpholine rings is 1. The van der Waals surface area contributed by atoms with Gasteiger partial charge in [-0.1, -0.05) is 30.3 Å². The lowest BCUT2D eigenvalue weighted by molar-refractivity contribution is 0.102. The van der Waals surface area contributed by atoms with E-state index >= 15 is 0 Å². The highest BCUT2D eigenvalue weighted by Crippen LogP contribution is 2.18. The lowest BCUT2D eigenvalue weighted by atomic mass is 10.1. The van der Waals surface area contributed by atoms with E-state index < -0.39 is 0 Å². The van der Waals surface area contributed by atoms with Gasteiger partial charge in [-0.3, -0.25) is 4.79 Å². The van der Waals surface area contributed by atoms with E-state index in [1.54, 1.807) is 6.07 Å². The van der Waals surface area contributed by atoms with E-state index in [9.17, 15) is 4.79 Å². The molecule has 4 rings (SSSR count). The number of carbonyl (C=O) groups is 1. The Morgan fingerprint density at radius 2 is 1.80 bits per heavy atom. The molecule has 0 bridgehead atoms. The molecule has 0 saturated carbocycles. The molecule has 6 nitrogen and oxygen atoms in total. The Morgan fingerprint density at radius 1 is 1.00 bits per heavy atom. The quantitative estimate of drug-likeness (QED) is 0.798. The first kappa shape index (κ1) is 15.5. The van der Waals surface area contributed by atoms with E-state index in [0.29, 0.717) is 24.6 Å². The van der Waals surface area contributed by atoms with Crippen LogP contribution >= 0.6 is 0 Å². The number of anilines is 2. The van der Waals surface area contributed by atoms with Gasteiger partial charge in [0.25, 0.3) is 5.91 Å². The number of rotatable bonds is 3. The molecule has 1 aliphatic rings. The number of nitrogens with zero attached hydrogens (tertiary/aromatic N) is 3. The summed E-state index contributed by atoms with van der Waals surface area (Å²) in [7, 11) is 0. The van der Waals surface area contributed by atoms with Gasteiger partial charge in [-0.25, -0.2) is 9.97 Å².